The number of unbranched alkanes of at least 4 members (excludes halogenated alkanes) is 22. The van der Waals surface area contributed by atoms with Gasteiger partial charge in [-0.15, -0.1) is 0 Å². The maximum Gasteiger partial charge on any atom is 0.290 e. The average molecular weight is 873 g/mol. The van der Waals surface area contributed by atoms with Gasteiger partial charge in [0.05, 0.1) is 5.69 Å². The van der Waals surface area contributed by atoms with Crippen molar-refractivity contribution in [1.82, 2.24) is 4.90 Å². The minimum atomic E-state index is -0.308. The highest BCUT2D eigenvalue weighted by atomic mass is 16.3. The number of hydrogen-bond acceptors (Lipinski definition) is 6. The molecule has 364 valence electrons. The molecule has 0 heterocycles. The van der Waals surface area contributed by atoms with Gasteiger partial charge in [-0.1, -0.05) is 252 Å². The van der Waals surface area contributed by atoms with Crippen LogP contribution < -0.4 is 16.2 Å². The molecule has 1 aromatic carbocycles. The normalized spacial score (nSPS) is 11.5. The fourth-order valence-electron chi connectivity index (χ4n) is 9.06. The Labute approximate surface area is 384 Å². The van der Waals surface area contributed by atoms with Crippen LogP contribution in [-0.2, 0) is 11.2 Å². The number of aliphatic hydroxyl groups excluding tert-OH is 1. The highest BCUT2D eigenvalue weighted by molar-refractivity contribution is 5.56. The van der Waals surface area contributed by atoms with Gasteiger partial charge < -0.3 is 20.4 Å². The zero-order valence-corrected chi connectivity index (χ0v) is 41.9. The van der Waals surface area contributed by atoms with Crippen molar-refractivity contribution in [3.8, 4) is 0 Å². The summed E-state index contributed by atoms with van der Waals surface area (Å²) in [5, 5.41) is 17.8. The third-order valence-corrected chi connectivity index (χ3v) is 12.9. The van der Waals surface area contributed by atoms with Crippen LogP contribution in [0.3, 0.4) is 0 Å². The van der Waals surface area contributed by atoms with Crippen LogP contribution in [-0.4, -0.2) is 47.8 Å². The molecule has 1 aromatic rings. The smallest absolute Gasteiger partial charge is 0.290 e. The lowest BCUT2D eigenvalue weighted by Gasteiger charge is -2.23. The van der Waals surface area contributed by atoms with Crippen molar-refractivity contribution in [3.63, 3.8) is 0 Å². The topological polar surface area (TPSA) is 107 Å². The van der Waals surface area contributed by atoms with E-state index in [1.54, 1.807) is 0 Å². The van der Waals surface area contributed by atoms with E-state index in [1.807, 2.05) is 6.92 Å². The van der Waals surface area contributed by atoms with Gasteiger partial charge in [0, 0.05) is 12.1 Å². The number of carbonyl (C=O) groups is 1. The molecule has 0 amide bonds. The minimum Gasteiger partial charge on any atom is -0.507 e. The fourth-order valence-corrected chi connectivity index (χ4v) is 9.06. The molecule has 0 aromatic heterocycles. The number of rotatable bonds is 44. The Balaban J connectivity index is 0. The molecule has 1 atom stereocenters. The van der Waals surface area contributed by atoms with E-state index in [2.05, 4.69) is 50.2 Å². The quantitative estimate of drug-likeness (QED) is 0.0197. The molecule has 0 aliphatic carbocycles. The van der Waals surface area contributed by atoms with Crippen molar-refractivity contribution in [2.24, 2.45) is 11.8 Å². The number of anilines is 1. The Hall–Kier alpha value is -2.37. The molecule has 7 heteroatoms. The summed E-state index contributed by atoms with van der Waals surface area (Å²) in [6, 6.07) is 0. The fraction of sp³-hybridized carbons (Fsp3) is 0.855. The van der Waals surface area contributed by atoms with E-state index in [1.165, 1.54) is 231 Å². The van der Waals surface area contributed by atoms with Gasteiger partial charge in [0.2, 0.25) is 10.9 Å². The Bertz CT molecular complexity index is 1170. The third-order valence-electron chi connectivity index (χ3n) is 12.9. The molecule has 0 saturated carbocycles. The lowest BCUT2D eigenvalue weighted by Crippen LogP contribution is -2.38. The van der Waals surface area contributed by atoms with Crippen LogP contribution in [0.5, 0.6) is 0 Å². The molecular weight excluding hydrogens is 769 g/mol. The lowest BCUT2D eigenvalue weighted by atomic mass is 9.89. The average Bonchev–Trinajstić information content (AvgIpc) is 3.28. The summed E-state index contributed by atoms with van der Waals surface area (Å²) in [5.41, 5.74) is 2.82. The standard InChI is InChI=1S/C51H98N2O2.C3H4O.CH2O2/c1-6-11-15-17-22-29-39-47(40-30-23-18-16-12-7-2)41-32-25-21-27-34-44-53(45-35-42-52-49-48(10-5)50(54)51(49)55)43-33-26-20-19-24-31-38-46(36-14-9-4)37-28-13-8-3;1-2-3-4;2-1-3/h46-47,52H,6-45H2,1-5H3;3-4H,1H2;1H,(H,2,3). The molecule has 1 unspecified atom stereocenters. The molecule has 0 radical (unpaired) electrons. The number of aliphatic hydroxyl groups is 1. The second-order valence-corrected chi connectivity index (χ2v) is 18.4. The summed E-state index contributed by atoms with van der Waals surface area (Å²) < 4.78 is 0. The second kappa shape index (κ2) is 49.6. The van der Waals surface area contributed by atoms with E-state index in [0.29, 0.717) is 17.7 Å². The van der Waals surface area contributed by atoms with Crippen molar-refractivity contribution in [2.75, 3.05) is 31.5 Å². The number of nitrogens with one attached hydrogen (secondary N) is 1. The first-order valence-electron chi connectivity index (χ1n) is 26.7. The number of hydrogen-bond donors (Lipinski definition) is 3. The third kappa shape index (κ3) is 38.1. The van der Waals surface area contributed by atoms with E-state index < -0.39 is 0 Å². The van der Waals surface area contributed by atoms with Crippen molar-refractivity contribution in [2.45, 2.75) is 266 Å². The number of nitrogens with zero attached hydrogens (tertiary/aromatic N) is 1. The van der Waals surface area contributed by atoms with Gasteiger partial charge in [0.1, 0.15) is 6.26 Å². The lowest BCUT2D eigenvalue weighted by molar-refractivity contribution is -0.122. The second-order valence-electron chi connectivity index (χ2n) is 18.4. The number of carboxylic acid groups (broad SMARTS) is 1. The Morgan fingerprint density at radius 2 is 0.806 bits per heavy atom. The van der Waals surface area contributed by atoms with Gasteiger partial charge in [-0.25, -0.2) is 0 Å². The Kier molecular flexibility index (Phi) is 49.4. The van der Waals surface area contributed by atoms with Crippen LogP contribution in [0.25, 0.3) is 0 Å². The van der Waals surface area contributed by atoms with Gasteiger partial charge in [-0.3, -0.25) is 14.4 Å². The van der Waals surface area contributed by atoms with Gasteiger partial charge in [0.25, 0.3) is 6.47 Å². The van der Waals surface area contributed by atoms with Gasteiger partial charge in [-0.2, -0.15) is 0 Å². The van der Waals surface area contributed by atoms with Crippen LogP contribution in [0.15, 0.2) is 28.2 Å². The first-order valence-corrected chi connectivity index (χ1v) is 26.7. The van der Waals surface area contributed by atoms with Crippen molar-refractivity contribution >= 4 is 12.2 Å². The summed E-state index contributed by atoms with van der Waals surface area (Å²) in [6.45, 7) is 18.3. The van der Waals surface area contributed by atoms with E-state index >= 15 is 0 Å². The predicted molar refractivity (Wildman–Crippen MR) is 272 cm³/mol. The molecule has 3 N–H and O–H groups in total. The summed E-state index contributed by atoms with van der Waals surface area (Å²) in [7, 11) is 0. The SMILES string of the molecule is C=C=CO.CCCCCCCCC(CCCCCCCC)CCCCCCCN(CCCCCCCCC(CCCC)CCCCC)CCCNc1c(CC)c(=O)c1=O.O=CO. The highest BCUT2D eigenvalue weighted by Crippen LogP contribution is 2.26. The van der Waals surface area contributed by atoms with Crippen LogP contribution in [0.2, 0.25) is 0 Å². The zero-order valence-electron chi connectivity index (χ0n) is 41.9. The molecule has 0 aliphatic rings. The zero-order chi connectivity index (χ0) is 46.2. The monoisotopic (exact) mass is 873 g/mol. The molecule has 0 aliphatic heterocycles. The van der Waals surface area contributed by atoms with Crippen molar-refractivity contribution in [1.29, 1.82) is 0 Å². The molecule has 0 fully saturated rings. The predicted octanol–water partition coefficient (Wildman–Crippen LogP) is 16.1. The summed E-state index contributed by atoms with van der Waals surface area (Å²) >= 11 is 0. The van der Waals surface area contributed by atoms with Crippen molar-refractivity contribution in [3.05, 3.63) is 44.6 Å². The summed E-state index contributed by atoms with van der Waals surface area (Å²) in [6.07, 6.45) is 50.5. The first kappa shape index (κ1) is 61.7. The summed E-state index contributed by atoms with van der Waals surface area (Å²) in [5.74, 6) is 1.95. The Morgan fingerprint density at radius 1 is 0.500 bits per heavy atom. The molecule has 1 rings (SSSR count). The van der Waals surface area contributed by atoms with Gasteiger partial charge >= 0.3 is 0 Å². The minimum absolute atomic E-state index is 0.250. The molecule has 0 spiro atoms. The molecule has 62 heavy (non-hydrogen) atoms. The van der Waals surface area contributed by atoms with Crippen LogP contribution >= 0.6 is 0 Å². The van der Waals surface area contributed by atoms with E-state index in [0.717, 1.165) is 37.6 Å². The van der Waals surface area contributed by atoms with Crippen LogP contribution in [0, 0.1) is 11.8 Å². The van der Waals surface area contributed by atoms with E-state index in [9.17, 15) is 9.59 Å². The van der Waals surface area contributed by atoms with E-state index in [4.69, 9.17) is 15.0 Å². The van der Waals surface area contributed by atoms with Gasteiger partial charge in [0.15, 0.2) is 0 Å². The largest absolute Gasteiger partial charge is 0.507 e. The maximum atomic E-state index is 12.0. The highest BCUT2D eigenvalue weighted by Gasteiger charge is 2.18. The van der Waals surface area contributed by atoms with Crippen LogP contribution in [0.4, 0.5) is 5.69 Å². The Morgan fingerprint density at radius 3 is 1.18 bits per heavy atom. The van der Waals surface area contributed by atoms with Crippen molar-refractivity contribution < 1.29 is 15.0 Å². The first-order chi connectivity index (χ1) is 30.3. The van der Waals surface area contributed by atoms with E-state index in [-0.39, 0.29) is 17.3 Å². The van der Waals surface area contributed by atoms with Crippen LogP contribution in [0.1, 0.15) is 265 Å². The molecular formula is C55H104N2O5. The van der Waals surface area contributed by atoms with Gasteiger partial charge in [-0.05, 0) is 57.2 Å². The molecule has 0 saturated heterocycles. The molecule has 0 bridgehead atoms. The molecule has 7 nitrogen and oxygen atoms in total. The maximum absolute atomic E-state index is 12.0. The summed E-state index contributed by atoms with van der Waals surface area (Å²) in [4.78, 5) is 35.0.